The highest BCUT2D eigenvalue weighted by Crippen LogP contribution is 2.25. The lowest BCUT2D eigenvalue weighted by atomic mass is 10.1. The minimum Gasteiger partial charge on any atom is -0.482 e. The minimum absolute atomic E-state index is 0.0223. The summed E-state index contributed by atoms with van der Waals surface area (Å²) < 4.78 is 37.7. The van der Waals surface area contributed by atoms with Gasteiger partial charge in [0.25, 0.3) is 15.9 Å². The first-order chi connectivity index (χ1) is 16.3. The van der Waals surface area contributed by atoms with Crippen LogP contribution in [0.1, 0.15) is 22.8 Å². The van der Waals surface area contributed by atoms with Crippen LogP contribution in [0.5, 0.6) is 5.75 Å². The van der Waals surface area contributed by atoms with Crippen LogP contribution in [-0.4, -0.2) is 40.6 Å². The Morgan fingerprint density at radius 2 is 1.71 bits per heavy atom. The molecule has 0 bridgehead atoms. The van der Waals surface area contributed by atoms with Gasteiger partial charge in [-0.3, -0.25) is 9.10 Å². The van der Waals surface area contributed by atoms with E-state index in [1.165, 1.54) is 29.6 Å². The first kappa shape index (κ1) is 24.8. The third-order valence-corrected chi connectivity index (χ3v) is 6.94. The molecule has 178 valence electrons. The number of rotatable bonds is 9. The van der Waals surface area contributed by atoms with E-state index in [0.29, 0.717) is 22.7 Å². The van der Waals surface area contributed by atoms with Crippen molar-refractivity contribution in [3.8, 4) is 5.75 Å². The topological polar surface area (TPSA) is 102 Å². The molecule has 3 aromatic rings. The highest BCUT2D eigenvalue weighted by molar-refractivity contribution is 7.92. The van der Waals surface area contributed by atoms with Gasteiger partial charge >= 0.3 is 5.97 Å². The van der Waals surface area contributed by atoms with Crippen molar-refractivity contribution in [2.75, 3.05) is 29.9 Å². The number of anilines is 2. The van der Waals surface area contributed by atoms with Crippen LogP contribution >= 0.6 is 0 Å². The Labute approximate surface area is 199 Å². The van der Waals surface area contributed by atoms with Crippen molar-refractivity contribution in [2.45, 2.75) is 18.7 Å². The first-order valence-corrected chi connectivity index (χ1v) is 12.0. The average Bonchev–Trinajstić information content (AvgIpc) is 2.85. The van der Waals surface area contributed by atoms with Crippen molar-refractivity contribution in [3.63, 3.8) is 0 Å². The number of nitrogens with zero attached hydrogens (tertiary/aromatic N) is 1. The number of methoxy groups -OCH3 is 1. The molecule has 0 fully saturated rings. The predicted octanol–water partition coefficient (Wildman–Crippen LogP) is 4.01. The lowest BCUT2D eigenvalue weighted by Gasteiger charge is -2.23. The smallest absolute Gasteiger partial charge is 0.343 e. The molecule has 0 aliphatic heterocycles. The molecule has 8 nitrogen and oxygen atoms in total. The van der Waals surface area contributed by atoms with Gasteiger partial charge in [0, 0.05) is 17.8 Å². The summed E-state index contributed by atoms with van der Waals surface area (Å²) >= 11 is 0. The summed E-state index contributed by atoms with van der Waals surface area (Å²) in [5.74, 6) is -0.500. The largest absolute Gasteiger partial charge is 0.482 e. The molecule has 0 unspecified atom stereocenters. The fraction of sp³-hybridized carbons (Fsp3) is 0.200. The van der Waals surface area contributed by atoms with Gasteiger partial charge < -0.3 is 14.8 Å². The summed E-state index contributed by atoms with van der Waals surface area (Å²) in [7, 11) is -2.59. The number of benzene rings is 3. The number of nitrogens with one attached hydrogen (secondary N) is 1. The molecule has 0 saturated heterocycles. The molecule has 1 N–H and O–H groups in total. The van der Waals surface area contributed by atoms with Gasteiger partial charge in [-0.15, -0.1) is 0 Å². The van der Waals surface area contributed by atoms with Crippen LogP contribution in [0, 0.1) is 6.92 Å². The first-order valence-electron chi connectivity index (χ1n) is 10.6. The predicted molar refractivity (Wildman–Crippen MR) is 130 cm³/mol. The van der Waals surface area contributed by atoms with Gasteiger partial charge in [0.2, 0.25) is 0 Å². The Bertz CT molecular complexity index is 1280. The molecule has 0 aromatic heterocycles. The molecule has 0 heterocycles. The van der Waals surface area contributed by atoms with Crippen LogP contribution in [0.4, 0.5) is 11.4 Å². The summed E-state index contributed by atoms with van der Waals surface area (Å²) in [6.07, 6.45) is 0. The highest BCUT2D eigenvalue weighted by Gasteiger charge is 2.24. The summed E-state index contributed by atoms with van der Waals surface area (Å²) in [5.41, 5.74) is 1.99. The maximum absolute atomic E-state index is 13.3. The number of esters is 1. The summed E-state index contributed by atoms with van der Waals surface area (Å²) in [5, 5.41) is 2.79. The Morgan fingerprint density at radius 1 is 0.971 bits per heavy atom. The number of hydrogen-bond donors (Lipinski definition) is 1. The molecule has 0 radical (unpaired) electrons. The zero-order valence-electron chi connectivity index (χ0n) is 19.1. The van der Waals surface area contributed by atoms with Crippen molar-refractivity contribution < 1.29 is 27.5 Å². The molecule has 0 aliphatic rings. The molecule has 0 aliphatic carbocycles. The molecular weight excluding hydrogens is 456 g/mol. The molecule has 3 aromatic carbocycles. The summed E-state index contributed by atoms with van der Waals surface area (Å²) in [6, 6.07) is 19.7. The molecule has 0 atom stereocenters. The van der Waals surface area contributed by atoms with E-state index < -0.39 is 21.9 Å². The zero-order valence-corrected chi connectivity index (χ0v) is 20.0. The number of para-hydroxylation sites is 1. The van der Waals surface area contributed by atoms with E-state index in [4.69, 9.17) is 4.74 Å². The Kier molecular flexibility index (Phi) is 7.91. The second-order valence-electron chi connectivity index (χ2n) is 7.33. The minimum atomic E-state index is -3.86. The quantitative estimate of drug-likeness (QED) is 0.462. The van der Waals surface area contributed by atoms with Crippen LogP contribution < -0.4 is 14.4 Å². The average molecular weight is 483 g/mol. The lowest BCUT2D eigenvalue weighted by molar-refractivity contribution is -0.142. The van der Waals surface area contributed by atoms with E-state index in [9.17, 15) is 18.0 Å². The van der Waals surface area contributed by atoms with Crippen molar-refractivity contribution in [2.24, 2.45) is 0 Å². The Morgan fingerprint density at radius 3 is 2.35 bits per heavy atom. The molecule has 34 heavy (non-hydrogen) atoms. The molecule has 1 amide bonds. The number of ether oxygens (including phenoxy) is 2. The standard InChI is InChI=1S/C25H26N2O6S/c1-4-27(20-10-6-5-7-11-20)34(30,31)22-12-8-9-19(16-22)25(29)26-23-14-13-21(15-18(23)2)33-17-24(28)32-3/h5-16H,4,17H2,1-3H3,(H,26,29). The number of hydrogen-bond acceptors (Lipinski definition) is 6. The van der Waals surface area contributed by atoms with Crippen LogP contribution in [0.2, 0.25) is 0 Å². The van der Waals surface area contributed by atoms with E-state index in [2.05, 4.69) is 10.1 Å². The van der Waals surface area contributed by atoms with E-state index in [0.717, 1.165) is 0 Å². The second kappa shape index (κ2) is 10.8. The monoisotopic (exact) mass is 482 g/mol. The van der Waals surface area contributed by atoms with Crippen LogP contribution in [0.25, 0.3) is 0 Å². The van der Waals surface area contributed by atoms with Gasteiger partial charge in [0.1, 0.15) is 5.75 Å². The summed E-state index contributed by atoms with van der Waals surface area (Å²) in [4.78, 5) is 24.1. The van der Waals surface area contributed by atoms with Gasteiger partial charge in [-0.25, -0.2) is 13.2 Å². The van der Waals surface area contributed by atoms with Gasteiger partial charge in [0.15, 0.2) is 6.61 Å². The van der Waals surface area contributed by atoms with Gasteiger partial charge in [-0.05, 0) is 67.9 Å². The summed E-state index contributed by atoms with van der Waals surface area (Å²) in [6.45, 7) is 3.55. The SMILES string of the molecule is CCN(c1ccccc1)S(=O)(=O)c1cccc(C(=O)Nc2ccc(OCC(=O)OC)cc2C)c1. The maximum Gasteiger partial charge on any atom is 0.343 e. The highest BCUT2D eigenvalue weighted by atomic mass is 32.2. The third-order valence-electron chi connectivity index (χ3n) is 5.05. The van der Waals surface area contributed by atoms with E-state index in [1.54, 1.807) is 62.4 Å². The number of sulfonamides is 1. The van der Waals surface area contributed by atoms with E-state index >= 15 is 0 Å². The Balaban J connectivity index is 1.79. The van der Waals surface area contributed by atoms with Crippen molar-refractivity contribution in [1.29, 1.82) is 0 Å². The van der Waals surface area contributed by atoms with Crippen LogP contribution in [-0.2, 0) is 19.6 Å². The van der Waals surface area contributed by atoms with Crippen LogP contribution in [0.15, 0.2) is 77.7 Å². The number of amides is 1. The van der Waals surface area contributed by atoms with Gasteiger partial charge in [0.05, 0.1) is 17.7 Å². The van der Waals surface area contributed by atoms with E-state index in [1.807, 2.05) is 6.07 Å². The fourth-order valence-corrected chi connectivity index (χ4v) is 4.79. The van der Waals surface area contributed by atoms with Gasteiger partial charge in [-0.2, -0.15) is 0 Å². The maximum atomic E-state index is 13.3. The van der Waals surface area contributed by atoms with Gasteiger partial charge in [-0.1, -0.05) is 24.3 Å². The second-order valence-corrected chi connectivity index (χ2v) is 9.19. The molecule has 3 rings (SSSR count). The zero-order chi connectivity index (χ0) is 24.7. The van der Waals surface area contributed by atoms with E-state index in [-0.39, 0.29) is 23.6 Å². The van der Waals surface area contributed by atoms with Crippen molar-refractivity contribution in [3.05, 3.63) is 83.9 Å². The lowest BCUT2D eigenvalue weighted by Crippen LogP contribution is -2.31. The van der Waals surface area contributed by atoms with Crippen LogP contribution in [0.3, 0.4) is 0 Å². The molecule has 0 spiro atoms. The molecule has 0 saturated carbocycles. The Hall–Kier alpha value is -3.85. The number of carbonyl (C=O) groups is 2. The van der Waals surface area contributed by atoms with Crippen molar-refractivity contribution >= 4 is 33.3 Å². The third kappa shape index (κ3) is 5.74. The number of carbonyl (C=O) groups excluding carboxylic acids is 2. The normalized spacial score (nSPS) is 10.9. The van der Waals surface area contributed by atoms with Crippen molar-refractivity contribution in [1.82, 2.24) is 0 Å². The number of aryl methyl sites for hydroxylation is 1. The molecule has 9 heteroatoms. The fourth-order valence-electron chi connectivity index (χ4n) is 3.27. The molecular formula is C25H26N2O6S.